The summed E-state index contributed by atoms with van der Waals surface area (Å²) >= 11 is 0. The van der Waals surface area contributed by atoms with Gasteiger partial charge in [0, 0.05) is 5.56 Å². The van der Waals surface area contributed by atoms with E-state index in [-0.39, 0.29) is 18.5 Å². The van der Waals surface area contributed by atoms with Crippen molar-refractivity contribution in [3.8, 4) is 0 Å². The fraction of sp³-hybridized carbons (Fsp3) is 0.333. The lowest BCUT2D eigenvalue weighted by Gasteiger charge is -2.16. The summed E-state index contributed by atoms with van der Waals surface area (Å²) < 4.78 is 9.89. The van der Waals surface area contributed by atoms with Crippen LogP contribution in [0.15, 0.2) is 42.5 Å². The molecule has 0 amide bonds. The van der Waals surface area contributed by atoms with Gasteiger partial charge in [0.05, 0.1) is 0 Å². The molecule has 0 aliphatic heterocycles. The third-order valence-electron chi connectivity index (χ3n) is 2.87. The number of rotatable bonds is 4. The first-order valence-corrected chi connectivity index (χ1v) is 6.34. The number of Topliss-reactive ketones (excluding diaryl/α,β-unsaturated/α-hetero) is 1. The van der Waals surface area contributed by atoms with Gasteiger partial charge in [0.1, 0.15) is 6.10 Å². The van der Waals surface area contributed by atoms with Crippen LogP contribution >= 0.6 is 0 Å². The van der Waals surface area contributed by atoms with Gasteiger partial charge in [-0.05, 0) is 25.3 Å². The number of benzene rings is 1. The molecule has 1 aromatic rings. The lowest BCUT2D eigenvalue weighted by Crippen LogP contribution is -2.21. The molecule has 0 N–H and O–H groups in total. The first kappa shape index (κ1) is 13.3. The molecular formula is C15H16O4. The Labute approximate surface area is 112 Å². The predicted molar refractivity (Wildman–Crippen MR) is 70.0 cm³/mol. The molecule has 1 aromatic carbocycles. The van der Waals surface area contributed by atoms with E-state index in [0.717, 1.165) is 19.3 Å². The van der Waals surface area contributed by atoms with E-state index in [1.807, 2.05) is 18.2 Å². The van der Waals surface area contributed by atoms with E-state index in [0.29, 0.717) is 5.56 Å². The average Bonchev–Trinajstić information content (AvgIpc) is 2.47. The van der Waals surface area contributed by atoms with Crippen molar-refractivity contribution in [3.63, 3.8) is 0 Å². The van der Waals surface area contributed by atoms with Crippen molar-refractivity contribution in [3.05, 3.63) is 48.0 Å². The van der Waals surface area contributed by atoms with E-state index in [1.54, 1.807) is 24.3 Å². The van der Waals surface area contributed by atoms with Gasteiger partial charge in [0.2, 0.25) is 0 Å². The second-order valence-electron chi connectivity index (χ2n) is 4.34. The molecule has 0 fully saturated rings. The maximum absolute atomic E-state index is 11.7. The van der Waals surface area contributed by atoms with E-state index >= 15 is 0 Å². The Hall–Kier alpha value is -2.10. The minimum Gasteiger partial charge on any atom is -0.427 e. The number of ether oxygens (including phenoxy) is 2. The van der Waals surface area contributed by atoms with Gasteiger partial charge in [-0.25, -0.2) is 4.79 Å². The smallest absolute Gasteiger partial charge is 0.427 e. The number of carbonyl (C=O) groups excluding carboxylic acids is 2. The molecular weight excluding hydrogens is 244 g/mol. The van der Waals surface area contributed by atoms with E-state index in [9.17, 15) is 9.59 Å². The first-order chi connectivity index (χ1) is 9.25. The molecule has 1 aliphatic rings. The zero-order valence-corrected chi connectivity index (χ0v) is 10.6. The Morgan fingerprint density at radius 3 is 2.68 bits per heavy atom. The molecule has 0 aromatic heterocycles. The molecule has 0 saturated carbocycles. The number of hydrogen-bond acceptors (Lipinski definition) is 4. The zero-order chi connectivity index (χ0) is 13.5. The van der Waals surface area contributed by atoms with Gasteiger partial charge in [-0.3, -0.25) is 4.79 Å². The van der Waals surface area contributed by atoms with Crippen molar-refractivity contribution in [2.24, 2.45) is 0 Å². The van der Waals surface area contributed by atoms with Gasteiger partial charge in [-0.15, -0.1) is 0 Å². The minimum atomic E-state index is -0.791. The molecule has 1 atom stereocenters. The third kappa shape index (κ3) is 4.25. The highest BCUT2D eigenvalue weighted by Gasteiger charge is 2.16. The van der Waals surface area contributed by atoms with Crippen LogP contribution in [0.1, 0.15) is 29.6 Å². The predicted octanol–water partition coefficient (Wildman–Crippen LogP) is 3.13. The van der Waals surface area contributed by atoms with Gasteiger partial charge in [0.25, 0.3) is 0 Å². The summed E-state index contributed by atoms with van der Waals surface area (Å²) in [6.45, 7) is -0.292. The van der Waals surface area contributed by atoms with E-state index in [2.05, 4.69) is 0 Å². The van der Waals surface area contributed by atoms with Crippen molar-refractivity contribution in [1.29, 1.82) is 0 Å². The summed E-state index contributed by atoms with van der Waals surface area (Å²) in [5, 5.41) is 0. The van der Waals surface area contributed by atoms with E-state index in [1.165, 1.54) is 0 Å². The number of allylic oxidation sites excluding steroid dienone is 1. The van der Waals surface area contributed by atoms with Crippen LogP contribution in [0.4, 0.5) is 4.79 Å². The maximum Gasteiger partial charge on any atom is 0.509 e. The van der Waals surface area contributed by atoms with Crippen molar-refractivity contribution in [1.82, 2.24) is 0 Å². The fourth-order valence-corrected chi connectivity index (χ4v) is 1.87. The number of carbonyl (C=O) groups is 2. The average molecular weight is 260 g/mol. The molecule has 0 bridgehead atoms. The van der Waals surface area contributed by atoms with Crippen molar-refractivity contribution < 1.29 is 19.1 Å². The topological polar surface area (TPSA) is 52.6 Å². The Morgan fingerprint density at radius 1 is 1.21 bits per heavy atom. The molecule has 2 rings (SSSR count). The van der Waals surface area contributed by atoms with Crippen molar-refractivity contribution >= 4 is 11.9 Å². The van der Waals surface area contributed by atoms with Crippen LogP contribution in [0.25, 0.3) is 0 Å². The summed E-state index contributed by atoms with van der Waals surface area (Å²) in [6.07, 6.45) is 5.63. The monoisotopic (exact) mass is 260 g/mol. The minimum absolute atomic E-state index is 0.229. The normalized spacial score (nSPS) is 17.8. The standard InChI is InChI=1S/C15H16O4/c16-14(12-7-3-1-4-8-12)11-18-15(17)19-13-9-5-2-6-10-13/h1,3-5,7-9,13H,2,6,10-11H2. The molecule has 1 aliphatic carbocycles. The zero-order valence-electron chi connectivity index (χ0n) is 10.6. The Bertz CT molecular complexity index is 464. The van der Waals surface area contributed by atoms with Crippen LogP contribution < -0.4 is 0 Å². The highest BCUT2D eigenvalue weighted by Crippen LogP contribution is 2.14. The highest BCUT2D eigenvalue weighted by molar-refractivity contribution is 5.97. The summed E-state index contributed by atoms with van der Waals surface area (Å²) in [6, 6.07) is 8.71. The van der Waals surface area contributed by atoms with Crippen molar-refractivity contribution in [2.75, 3.05) is 6.61 Å². The third-order valence-corrected chi connectivity index (χ3v) is 2.87. The Morgan fingerprint density at radius 2 is 2.00 bits per heavy atom. The lowest BCUT2D eigenvalue weighted by molar-refractivity contribution is 0.0323. The van der Waals surface area contributed by atoms with Crippen LogP contribution in [0.2, 0.25) is 0 Å². The van der Waals surface area contributed by atoms with E-state index in [4.69, 9.17) is 9.47 Å². The van der Waals surface area contributed by atoms with Crippen LogP contribution in [0.3, 0.4) is 0 Å². The van der Waals surface area contributed by atoms with Crippen LogP contribution in [-0.2, 0) is 9.47 Å². The van der Waals surface area contributed by atoms with Crippen LogP contribution in [0.5, 0.6) is 0 Å². The van der Waals surface area contributed by atoms with Gasteiger partial charge in [-0.2, -0.15) is 0 Å². The molecule has 4 heteroatoms. The highest BCUT2D eigenvalue weighted by atomic mass is 16.7. The largest absolute Gasteiger partial charge is 0.509 e. The molecule has 100 valence electrons. The quantitative estimate of drug-likeness (QED) is 0.474. The SMILES string of the molecule is O=C(OCC(=O)c1ccccc1)OC1C=CCCC1. The molecule has 1 unspecified atom stereocenters. The number of ketones is 1. The van der Waals surface area contributed by atoms with Gasteiger partial charge in [0.15, 0.2) is 12.4 Å². The Balaban J connectivity index is 1.76. The van der Waals surface area contributed by atoms with Gasteiger partial charge >= 0.3 is 6.16 Å². The Kier molecular flexibility index (Phi) is 4.72. The lowest BCUT2D eigenvalue weighted by atomic mass is 10.1. The summed E-state index contributed by atoms with van der Waals surface area (Å²) in [7, 11) is 0. The van der Waals surface area contributed by atoms with Crippen LogP contribution in [0, 0.1) is 0 Å². The molecule has 19 heavy (non-hydrogen) atoms. The summed E-state index contributed by atoms with van der Waals surface area (Å²) in [5.41, 5.74) is 0.521. The van der Waals surface area contributed by atoms with Gasteiger partial charge < -0.3 is 9.47 Å². The molecule has 0 saturated heterocycles. The number of hydrogen-bond donors (Lipinski definition) is 0. The van der Waals surface area contributed by atoms with Crippen LogP contribution in [-0.4, -0.2) is 24.6 Å². The molecule has 0 heterocycles. The molecule has 0 spiro atoms. The second-order valence-corrected chi connectivity index (χ2v) is 4.34. The molecule has 4 nitrogen and oxygen atoms in total. The van der Waals surface area contributed by atoms with Crippen molar-refractivity contribution in [2.45, 2.75) is 25.4 Å². The second kappa shape index (κ2) is 6.73. The summed E-state index contributed by atoms with van der Waals surface area (Å²) in [5.74, 6) is -0.239. The maximum atomic E-state index is 11.7. The summed E-state index contributed by atoms with van der Waals surface area (Å²) in [4.78, 5) is 23.1. The van der Waals surface area contributed by atoms with E-state index < -0.39 is 6.16 Å². The van der Waals surface area contributed by atoms with Gasteiger partial charge in [-0.1, -0.05) is 36.4 Å². The fourth-order valence-electron chi connectivity index (χ4n) is 1.87. The molecule has 0 radical (unpaired) electrons. The first-order valence-electron chi connectivity index (χ1n) is 6.34.